The van der Waals surface area contributed by atoms with Crippen molar-refractivity contribution in [1.82, 2.24) is 15.5 Å². The molecule has 1 atom stereocenters. The highest BCUT2D eigenvalue weighted by molar-refractivity contribution is 6.01. The molecule has 0 saturated carbocycles. The fourth-order valence-electron chi connectivity index (χ4n) is 4.41. The second-order valence-electron chi connectivity index (χ2n) is 8.36. The monoisotopic (exact) mass is 414 g/mol. The lowest BCUT2D eigenvalue weighted by atomic mass is 9.89. The largest absolute Gasteiger partial charge is 0.446 e. The molecule has 162 valence electrons. The van der Waals surface area contributed by atoms with Crippen molar-refractivity contribution in [3.8, 4) is 0 Å². The molecule has 3 aliphatic rings. The van der Waals surface area contributed by atoms with Crippen LogP contribution < -0.4 is 16.0 Å². The molecule has 1 unspecified atom stereocenters. The van der Waals surface area contributed by atoms with E-state index in [0.29, 0.717) is 31.8 Å². The van der Waals surface area contributed by atoms with Crippen LogP contribution in [-0.4, -0.2) is 61.1 Å². The summed E-state index contributed by atoms with van der Waals surface area (Å²) in [5.74, 6) is -0.0592. The molecule has 1 aromatic rings. The zero-order chi connectivity index (χ0) is 20.9. The summed E-state index contributed by atoms with van der Waals surface area (Å²) in [4.78, 5) is 37.4. The Kier molecular flexibility index (Phi) is 6.52. The zero-order valence-electron chi connectivity index (χ0n) is 17.2. The second kappa shape index (κ2) is 9.47. The van der Waals surface area contributed by atoms with Gasteiger partial charge in [-0.05, 0) is 68.8 Å². The molecule has 8 nitrogen and oxygen atoms in total. The molecule has 0 spiro atoms. The highest BCUT2D eigenvalue weighted by atomic mass is 16.6. The van der Waals surface area contributed by atoms with E-state index in [1.165, 1.54) is 5.56 Å². The third kappa shape index (κ3) is 5.11. The summed E-state index contributed by atoms with van der Waals surface area (Å²) in [5, 5.41) is 8.85. The van der Waals surface area contributed by atoms with Crippen LogP contribution in [0.3, 0.4) is 0 Å². The minimum Gasteiger partial charge on any atom is -0.446 e. The van der Waals surface area contributed by atoms with Crippen LogP contribution in [0.2, 0.25) is 0 Å². The molecule has 0 bridgehead atoms. The number of benzene rings is 1. The average molecular weight is 415 g/mol. The molecule has 3 amide bonds. The Bertz CT molecular complexity index is 768. The predicted molar refractivity (Wildman–Crippen MR) is 112 cm³/mol. The van der Waals surface area contributed by atoms with Crippen LogP contribution in [0.25, 0.3) is 0 Å². The number of amides is 3. The number of ether oxygens (including phenoxy) is 1. The first-order valence-electron chi connectivity index (χ1n) is 10.9. The van der Waals surface area contributed by atoms with Crippen LogP contribution in [0.1, 0.15) is 50.0 Å². The van der Waals surface area contributed by atoms with E-state index in [9.17, 15) is 14.4 Å². The smallest absolute Gasteiger partial charge is 0.410 e. The standard InChI is InChI=1S/C22H30N4O4/c27-20-6-5-19(21(28)25-20)24-17-3-1-15(2-4-17)16-9-13-26(14-10-16)22(29)30-18-7-11-23-12-8-18/h1-4,16,18-19,23-24H,5-14H2,(H,25,27,28). The third-order valence-electron chi connectivity index (χ3n) is 6.27. The van der Waals surface area contributed by atoms with Gasteiger partial charge in [-0.2, -0.15) is 0 Å². The second-order valence-corrected chi connectivity index (χ2v) is 8.36. The van der Waals surface area contributed by atoms with Gasteiger partial charge in [-0.1, -0.05) is 12.1 Å². The van der Waals surface area contributed by atoms with Gasteiger partial charge in [0.25, 0.3) is 0 Å². The number of likely N-dealkylation sites (tertiary alicyclic amines) is 1. The summed E-state index contributed by atoms with van der Waals surface area (Å²) >= 11 is 0. The fraction of sp³-hybridized carbons (Fsp3) is 0.591. The van der Waals surface area contributed by atoms with Gasteiger partial charge in [0.05, 0.1) is 0 Å². The molecule has 3 aliphatic heterocycles. The van der Waals surface area contributed by atoms with Gasteiger partial charge in [-0.15, -0.1) is 0 Å². The SMILES string of the molecule is O=C1CCC(Nc2ccc(C3CCN(C(=O)OC4CCNCC4)CC3)cc2)C(=O)N1. The molecule has 0 aromatic heterocycles. The Balaban J connectivity index is 1.25. The molecule has 3 fully saturated rings. The van der Waals surface area contributed by atoms with Crippen molar-refractivity contribution in [2.45, 2.75) is 56.6 Å². The van der Waals surface area contributed by atoms with Gasteiger partial charge in [-0.3, -0.25) is 14.9 Å². The number of carbonyl (C=O) groups is 3. The van der Waals surface area contributed by atoms with Gasteiger partial charge in [-0.25, -0.2) is 4.79 Å². The lowest BCUT2D eigenvalue weighted by molar-refractivity contribution is -0.133. The number of nitrogens with zero attached hydrogens (tertiary/aromatic N) is 1. The van der Waals surface area contributed by atoms with Crippen molar-refractivity contribution in [3.05, 3.63) is 29.8 Å². The van der Waals surface area contributed by atoms with Gasteiger partial charge in [0.1, 0.15) is 12.1 Å². The molecule has 3 N–H and O–H groups in total. The number of nitrogens with one attached hydrogen (secondary N) is 3. The highest BCUT2D eigenvalue weighted by Gasteiger charge is 2.28. The van der Waals surface area contributed by atoms with E-state index in [4.69, 9.17) is 4.74 Å². The van der Waals surface area contributed by atoms with Crippen molar-refractivity contribution < 1.29 is 19.1 Å². The topological polar surface area (TPSA) is 99.8 Å². The average Bonchev–Trinajstić information content (AvgIpc) is 2.77. The van der Waals surface area contributed by atoms with E-state index in [1.807, 2.05) is 17.0 Å². The van der Waals surface area contributed by atoms with Crippen molar-refractivity contribution in [2.75, 3.05) is 31.5 Å². The molecular weight excluding hydrogens is 384 g/mol. The summed E-state index contributed by atoms with van der Waals surface area (Å²) in [5.41, 5.74) is 2.12. The number of carbonyl (C=O) groups excluding carboxylic acids is 3. The molecule has 3 heterocycles. The van der Waals surface area contributed by atoms with Crippen LogP contribution in [-0.2, 0) is 14.3 Å². The maximum absolute atomic E-state index is 12.4. The van der Waals surface area contributed by atoms with Crippen LogP contribution in [0, 0.1) is 0 Å². The lowest BCUT2D eigenvalue weighted by Gasteiger charge is -2.33. The van der Waals surface area contributed by atoms with Crippen molar-refractivity contribution in [3.63, 3.8) is 0 Å². The zero-order valence-corrected chi connectivity index (χ0v) is 17.2. The summed E-state index contributed by atoms with van der Waals surface area (Å²) in [6.07, 6.45) is 4.36. The summed E-state index contributed by atoms with van der Waals surface area (Å²) in [7, 11) is 0. The Hall–Kier alpha value is -2.61. The van der Waals surface area contributed by atoms with Crippen LogP contribution in [0.4, 0.5) is 10.5 Å². The van der Waals surface area contributed by atoms with Crippen molar-refractivity contribution >= 4 is 23.6 Å². The first-order chi connectivity index (χ1) is 14.6. The number of anilines is 1. The summed E-state index contributed by atoms with van der Waals surface area (Å²) < 4.78 is 5.66. The van der Waals surface area contributed by atoms with E-state index in [2.05, 4.69) is 28.1 Å². The maximum Gasteiger partial charge on any atom is 0.410 e. The Labute approximate surface area is 176 Å². The van der Waals surface area contributed by atoms with Gasteiger partial charge in [0, 0.05) is 25.2 Å². The van der Waals surface area contributed by atoms with E-state index in [1.54, 1.807) is 0 Å². The van der Waals surface area contributed by atoms with Gasteiger partial charge in [0.15, 0.2) is 0 Å². The predicted octanol–water partition coefficient (Wildman–Crippen LogP) is 1.97. The van der Waals surface area contributed by atoms with E-state index in [-0.39, 0.29) is 30.1 Å². The molecule has 30 heavy (non-hydrogen) atoms. The maximum atomic E-state index is 12.4. The van der Waals surface area contributed by atoms with Crippen LogP contribution in [0.15, 0.2) is 24.3 Å². The molecule has 3 saturated heterocycles. The Morgan fingerprint density at radius 2 is 1.70 bits per heavy atom. The fourth-order valence-corrected chi connectivity index (χ4v) is 4.41. The molecule has 0 aliphatic carbocycles. The molecule has 4 rings (SSSR count). The van der Waals surface area contributed by atoms with Crippen molar-refractivity contribution in [1.29, 1.82) is 0 Å². The quantitative estimate of drug-likeness (QED) is 0.652. The van der Waals surface area contributed by atoms with E-state index in [0.717, 1.165) is 44.5 Å². The molecule has 0 radical (unpaired) electrons. The van der Waals surface area contributed by atoms with Gasteiger partial charge < -0.3 is 20.3 Å². The first kappa shape index (κ1) is 20.7. The van der Waals surface area contributed by atoms with E-state index >= 15 is 0 Å². The Morgan fingerprint density at radius 1 is 1.00 bits per heavy atom. The number of hydrogen-bond acceptors (Lipinski definition) is 6. The Morgan fingerprint density at radius 3 is 2.37 bits per heavy atom. The van der Waals surface area contributed by atoms with Gasteiger partial charge >= 0.3 is 6.09 Å². The molecule has 1 aromatic carbocycles. The number of hydrogen-bond donors (Lipinski definition) is 3. The van der Waals surface area contributed by atoms with Gasteiger partial charge in [0.2, 0.25) is 11.8 Å². The number of imide groups is 1. The van der Waals surface area contributed by atoms with E-state index < -0.39 is 0 Å². The lowest BCUT2D eigenvalue weighted by Crippen LogP contribution is -2.47. The van der Waals surface area contributed by atoms with Crippen molar-refractivity contribution in [2.24, 2.45) is 0 Å². The molecule has 8 heteroatoms. The number of rotatable bonds is 4. The first-order valence-corrected chi connectivity index (χ1v) is 10.9. The number of piperidine rings is 3. The minimum atomic E-state index is -0.372. The summed E-state index contributed by atoms with van der Waals surface area (Å²) in [6, 6.07) is 7.76. The highest BCUT2D eigenvalue weighted by Crippen LogP contribution is 2.29. The van der Waals surface area contributed by atoms with Crippen LogP contribution in [0.5, 0.6) is 0 Å². The minimum absolute atomic E-state index is 0.0425. The van der Waals surface area contributed by atoms with Crippen LogP contribution >= 0.6 is 0 Å². The molecular formula is C22H30N4O4. The third-order valence-corrected chi connectivity index (χ3v) is 6.27. The normalized spacial score (nSPS) is 23.7. The summed E-state index contributed by atoms with van der Waals surface area (Å²) in [6.45, 7) is 3.25.